The zero-order chi connectivity index (χ0) is 16.4. The molecule has 0 unspecified atom stereocenters. The van der Waals surface area contributed by atoms with E-state index in [0.717, 1.165) is 17.1 Å². The highest BCUT2D eigenvalue weighted by atomic mass is 35.5. The first-order valence-electron chi connectivity index (χ1n) is 6.68. The van der Waals surface area contributed by atoms with Crippen LogP contribution >= 0.6 is 23.1 Å². The van der Waals surface area contributed by atoms with Gasteiger partial charge in [0.2, 0.25) is 5.06 Å². The van der Waals surface area contributed by atoms with E-state index >= 15 is 0 Å². The molecular weight excluding hydrogens is 335 g/mol. The van der Waals surface area contributed by atoms with Crippen LogP contribution < -0.4 is 4.74 Å². The molecule has 0 spiro atoms. The first kappa shape index (κ1) is 15.5. The highest BCUT2D eigenvalue weighted by Gasteiger charge is 2.18. The lowest BCUT2D eigenvalue weighted by molar-refractivity contribution is 0.491. The molecule has 0 aliphatic heterocycles. The van der Waals surface area contributed by atoms with E-state index in [2.05, 4.69) is 10.4 Å². The molecule has 0 saturated carbocycles. The van der Waals surface area contributed by atoms with Gasteiger partial charge in [0.1, 0.15) is 28.9 Å². The van der Waals surface area contributed by atoms with E-state index in [4.69, 9.17) is 16.3 Å². The number of aryl methyl sites for hydroxylation is 1. The summed E-state index contributed by atoms with van der Waals surface area (Å²) in [5, 5.41) is 10.3. The van der Waals surface area contributed by atoms with Gasteiger partial charge in [-0.2, -0.15) is 9.64 Å². The molecule has 0 fully saturated rings. The van der Waals surface area contributed by atoms with Gasteiger partial charge in [0, 0.05) is 22.1 Å². The number of ether oxygens (including phenoxy) is 1. The van der Waals surface area contributed by atoms with Crippen LogP contribution in [0.25, 0.3) is 11.3 Å². The van der Waals surface area contributed by atoms with E-state index in [0.29, 0.717) is 27.1 Å². The van der Waals surface area contributed by atoms with Crippen molar-refractivity contribution in [3.63, 3.8) is 0 Å². The molecule has 0 aliphatic carbocycles. The maximum Gasteiger partial charge on any atom is 0.218 e. The minimum Gasteiger partial charge on any atom is -0.443 e. The maximum absolute atomic E-state index is 13.4. The molecule has 1 heterocycles. The van der Waals surface area contributed by atoms with Crippen molar-refractivity contribution < 1.29 is 9.13 Å². The SMILES string of the molecule is Cc1ccc(Cl)cc1Oc1snc(-c2cccc(F)c2)c1C#N. The molecule has 0 amide bonds. The van der Waals surface area contributed by atoms with Gasteiger partial charge in [-0.3, -0.25) is 0 Å². The molecule has 114 valence electrons. The van der Waals surface area contributed by atoms with Gasteiger partial charge in [-0.05, 0) is 36.8 Å². The Labute approximate surface area is 141 Å². The van der Waals surface area contributed by atoms with Crippen molar-refractivity contribution in [1.29, 1.82) is 5.26 Å². The molecule has 2 aromatic carbocycles. The molecule has 0 atom stereocenters. The van der Waals surface area contributed by atoms with Crippen LogP contribution in [-0.4, -0.2) is 4.37 Å². The Kier molecular flexibility index (Phi) is 4.28. The van der Waals surface area contributed by atoms with Crippen LogP contribution in [0.3, 0.4) is 0 Å². The van der Waals surface area contributed by atoms with E-state index in [-0.39, 0.29) is 11.4 Å². The quantitative estimate of drug-likeness (QED) is 0.623. The number of nitrogens with zero attached hydrogens (tertiary/aromatic N) is 2. The van der Waals surface area contributed by atoms with Gasteiger partial charge in [0.05, 0.1) is 0 Å². The van der Waals surface area contributed by atoms with E-state index in [1.54, 1.807) is 24.3 Å². The Morgan fingerprint density at radius 1 is 1.26 bits per heavy atom. The summed E-state index contributed by atoms with van der Waals surface area (Å²) in [4.78, 5) is 0. The van der Waals surface area contributed by atoms with Crippen LogP contribution in [-0.2, 0) is 0 Å². The Bertz CT molecular complexity index is 917. The predicted molar refractivity (Wildman–Crippen MR) is 88.5 cm³/mol. The third kappa shape index (κ3) is 3.19. The Morgan fingerprint density at radius 2 is 2.09 bits per heavy atom. The molecule has 0 radical (unpaired) electrons. The minimum absolute atomic E-state index is 0.278. The van der Waals surface area contributed by atoms with Crippen LogP contribution in [0.4, 0.5) is 4.39 Å². The lowest BCUT2D eigenvalue weighted by Gasteiger charge is -2.07. The zero-order valence-electron chi connectivity index (χ0n) is 12.0. The van der Waals surface area contributed by atoms with Crippen molar-refractivity contribution in [2.45, 2.75) is 6.92 Å². The van der Waals surface area contributed by atoms with E-state index in [1.807, 2.05) is 13.0 Å². The summed E-state index contributed by atoms with van der Waals surface area (Å²) in [6.07, 6.45) is 0. The third-order valence-electron chi connectivity index (χ3n) is 3.22. The molecule has 0 bridgehead atoms. The summed E-state index contributed by atoms with van der Waals surface area (Å²) in [7, 11) is 0. The lowest BCUT2D eigenvalue weighted by atomic mass is 10.1. The highest BCUT2D eigenvalue weighted by Crippen LogP contribution is 2.38. The van der Waals surface area contributed by atoms with Crippen molar-refractivity contribution in [3.8, 4) is 28.1 Å². The van der Waals surface area contributed by atoms with Crippen LogP contribution in [0.5, 0.6) is 10.8 Å². The average Bonchev–Trinajstić information content (AvgIpc) is 2.93. The summed E-state index contributed by atoms with van der Waals surface area (Å²) in [6.45, 7) is 1.88. The van der Waals surface area contributed by atoms with Crippen molar-refractivity contribution in [2.75, 3.05) is 0 Å². The Hall–Kier alpha value is -2.42. The number of halogens is 2. The van der Waals surface area contributed by atoms with Crippen molar-refractivity contribution in [1.82, 2.24) is 4.37 Å². The maximum atomic E-state index is 13.4. The summed E-state index contributed by atoms with van der Waals surface area (Å²) in [6, 6.07) is 13.3. The number of rotatable bonds is 3. The topological polar surface area (TPSA) is 45.9 Å². The highest BCUT2D eigenvalue weighted by molar-refractivity contribution is 7.08. The fourth-order valence-electron chi connectivity index (χ4n) is 2.06. The number of hydrogen-bond donors (Lipinski definition) is 0. The molecule has 0 aliphatic rings. The molecule has 6 heteroatoms. The second-order valence-corrected chi connectivity index (χ2v) is 6.00. The first-order valence-corrected chi connectivity index (χ1v) is 7.83. The normalized spacial score (nSPS) is 10.3. The second kappa shape index (κ2) is 6.37. The molecular formula is C17H10ClFN2OS. The van der Waals surface area contributed by atoms with Gasteiger partial charge < -0.3 is 4.74 Å². The summed E-state index contributed by atoms with van der Waals surface area (Å²) in [5.74, 6) is 0.177. The van der Waals surface area contributed by atoms with E-state index < -0.39 is 0 Å². The molecule has 1 aromatic heterocycles. The van der Waals surface area contributed by atoms with Gasteiger partial charge in [-0.25, -0.2) is 4.39 Å². The average molecular weight is 345 g/mol. The fraction of sp³-hybridized carbons (Fsp3) is 0.0588. The van der Waals surface area contributed by atoms with Crippen LogP contribution in [0.2, 0.25) is 5.02 Å². The van der Waals surface area contributed by atoms with Gasteiger partial charge in [-0.15, -0.1) is 0 Å². The Balaban J connectivity index is 2.02. The minimum atomic E-state index is -0.382. The molecule has 3 aromatic rings. The van der Waals surface area contributed by atoms with Crippen LogP contribution in [0.15, 0.2) is 42.5 Å². The standard InChI is InChI=1S/C17H10ClFN2OS/c1-10-5-6-12(18)8-15(10)22-17-14(9-20)16(21-23-17)11-3-2-4-13(19)7-11/h2-8H,1H3. The number of aromatic nitrogens is 1. The molecule has 3 rings (SSSR count). The third-order valence-corrected chi connectivity index (χ3v) is 4.19. The molecule has 23 heavy (non-hydrogen) atoms. The lowest BCUT2D eigenvalue weighted by Crippen LogP contribution is -1.89. The smallest absolute Gasteiger partial charge is 0.218 e. The van der Waals surface area contributed by atoms with Gasteiger partial charge in [-0.1, -0.05) is 29.8 Å². The summed E-state index contributed by atoms with van der Waals surface area (Å²) in [5.41, 5.74) is 2.11. The van der Waals surface area contributed by atoms with Crippen molar-refractivity contribution in [3.05, 3.63) is 64.4 Å². The predicted octanol–water partition coefficient (Wildman–Crippen LogP) is 5.58. The van der Waals surface area contributed by atoms with Crippen LogP contribution in [0, 0.1) is 24.1 Å². The monoisotopic (exact) mass is 344 g/mol. The molecule has 3 nitrogen and oxygen atoms in total. The largest absolute Gasteiger partial charge is 0.443 e. The van der Waals surface area contributed by atoms with Gasteiger partial charge in [0.15, 0.2) is 0 Å². The van der Waals surface area contributed by atoms with Gasteiger partial charge in [0.25, 0.3) is 0 Å². The van der Waals surface area contributed by atoms with Crippen LogP contribution in [0.1, 0.15) is 11.1 Å². The number of benzene rings is 2. The Morgan fingerprint density at radius 3 is 2.83 bits per heavy atom. The fourth-order valence-corrected chi connectivity index (χ4v) is 2.95. The van der Waals surface area contributed by atoms with Crippen molar-refractivity contribution in [2.24, 2.45) is 0 Å². The number of hydrogen-bond acceptors (Lipinski definition) is 4. The molecule has 0 N–H and O–H groups in total. The second-order valence-electron chi connectivity index (χ2n) is 4.83. The van der Waals surface area contributed by atoms with E-state index in [1.165, 1.54) is 12.1 Å². The summed E-state index contributed by atoms with van der Waals surface area (Å²) < 4.78 is 23.4. The van der Waals surface area contributed by atoms with Crippen molar-refractivity contribution >= 4 is 23.1 Å². The zero-order valence-corrected chi connectivity index (χ0v) is 13.6. The first-order chi connectivity index (χ1) is 11.1. The molecule has 0 saturated heterocycles. The van der Waals surface area contributed by atoms with E-state index in [9.17, 15) is 9.65 Å². The summed E-state index contributed by atoms with van der Waals surface area (Å²) >= 11 is 7.03. The van der Waals surface area contributed by atoms with Gasteiger partial charge >= 0.3 is 0 Å². The number of nitriles is 1.